The second-order valence-corrected chi connectivity index (χ2v) is 23.4. The van der Waals surface area contributed by atoms with Gasteiger partial charge in [-0.3, -0.25) is 38.4 Å². The number of carbonyl (C=O) groups excluding carboxylic acids is 8. The van der Waals surface area contributed by atoms with Crippen molar-refractivity contribution in [1.82, 2.24) is 72.0 Å². The fraction of sp³-hybridized carbons (Fsp3) is 0.312. The Hall–Kier alpha value is -9.90. The van der Waals surface area contributed by atoms with Gasteiger partial charge in [-0.15, -0.1) is 0 Å². The topological polar surface area (TPSA) is 399 Å². The van der Waals surface area contributed by atoms with Gasteiger partial charge in [0.15, 0.2) is 0 Å². The number of rotatable bonds is 29. The number of benzene rings is 4. The summed E-state index contributed by atoms with van der Waals surface area (Å²) < 4.78 is 0. The summed E-state index contributed by atoms with van der Waals surface area (Å²) in [4.78, 5) is 149. The number of hydrogen-bond acceptors (Lipinski definition) is 14. The van der Waals surface area contributed by atoms with Gasteiger partial charge < -0.3 is 83.0 Å². The minimum Gasteiger partial charge on any atom is -0.480 e. The maximum absolute atomic E-state index is 15.1. The highest BCUT2D eigenvalue weighted by atomic mass is 32.1. The van der Waals surface area contributed by atoms with Crippen LogP contribution in [0.15, 0.2) is 134 Å². The molecule has 6 heterocycles. The van der Waals surface area contributed by atoms with Gasteiger partial charge in [-0.2, -0.15) is 25.3 Å². The molecule has 0 radical (unpaired) electrons. The number of aromatic amines is 5. The molecule has 1 aliphatic heterocycles. The van der Waals surface area contributed by atoms with E-state index in [1.165, 1.54) is 17.4 Å². The summed E-state index contributed by atoms with van der Waals surface area (Å²) in [7, 11) is 0. The van der Waals surface area contributed by atoms with E-state index in [2.05, 4.69) is 92.4 Å². The Morgan fingerprint density at radius 3 is 1.27 bits per heavy atom. The largest absolute Gasteiger partial charge is 0.480 e. The van der Waals surface area contributed by atoms with Crippen LogP contribution in [0.5, 0.6) is 0 Å². The molecule has 0 saturated carbocycles. The summed E-state index contributed by atoms with van der Waals surface area (Å²) in [5, 5.41) is 42.7. The number of aliphatic carboxylic acids is 1. The van der Waals surface area contributed by atoms with Crippen LogP contribution in [-0.4, -0.2) is 177 Å². The van der Waals surface area contributed by atoms with Crippen molar-refractivity contribution in [2.45, 2.75) is 99.3 Å². The number of hydrogen-bond donors (Lipinski definition) is 17. The van der Waals surface area contributed by atoms with Crippen LogP contribution >= 0.6 is 25.3 Å². The normalized spacial score (nSPS) is 15.8. The van der Waals surface area contributed by atoms with E-state index in [0.29, 0.717) is 45.3 Å². The van der Waals surface area contributed by atoms with Crippen molar-refractivity contribution in [1.29, 1.82) is 0 Å². The second-order valence-electron chi connectivity index (χ2n) is 22.6. The molecule has 5 aromatic heterocycles. The number of aliphatic hydroxyl groups is 1. The molecule has 92 heavy (non-hydrogen) atoms. The monoisotopic (exact) mass is 1290 g/mol. The van der Waals surface area contributed by atoms with Gasteiger partial charge in [0.2, 0.25) is 47.3 Å². The summed E-state index contributed by atoms with van der Waals surface area (Å²) >= 11 is 8.28. The zero-order valence-corrected chi connectivity index (χ0v) is 51.4. The Bertz CT molecular complexity index is 4140. The van der Waals surface area contributed by atoms with Crippen molar-refractivity contribution in [2.75, 3.05) is 24.7 Å². The van der Waals surface area contributed by atoms with Crippen molar-refractivity contribution in [3.05, 3.63) is 162 Å². The number of nitrogens with two attached hydrogens (primary N) is 1. The molecule has 28 heteroatoms. The minimum absolute atomic E-state index is 0.0329. The Labute approximate surface area is 537 Å². The van der Waals surface area contributed by atoms with E-state index in [0.717, 1.165) is 32.7 Å². The predicted octanol–water partition coefficient (Wildman–Crippen LogP) is 1.50. The number of imidazole rings is 1. The maximum atomic E-state index is 15.1. The lowest BCUT2D eigenvalue weighted by molar-refractivity contribution is -0.143. The highest BCUT2D eigenvalue weighted by Gasteiger charge is 2.41. The van der Waals surface area contributed by atoms with Gasteiger partial charge in [0.1, 0.15) is 48.3 Å². The summed E-state index contributed by atoms with van der Waals surface area (Å²) in [6.45, 7) is -0.933. The summed E-state index contributed by atoms with van der Waals surface area (Å²) in [5.41, 5.74) is 12.0. The maximum Gasteiger partial charge on any atom is 0.327 e. The first-order valence-electron chi connectivity index (χ1n) is 29.9. The molecule has 480 valence electrons. The van der Waals surface area contributed by atoms with Gasteiger partial charge in [-0.25, -0.2) is 9.78 Å². The predicted molar refractivity (Wildman–Crippen MR) is 349 cm³/mol. The summed E-state index contributed by atoms with van der Waals surface area (Å²) in [6, 6.07) is 16.8. The van der Waals surface area contributed by atoms with Crippen LogP contribution in [0.2, 0.25) is 0 Å². The number of H-pyrrole nitrogens is 5. The van der Waals surface area contributed by atoms with Crippen molar-refractivity contribution in [3.8, 4) is 0 Å². The molecule has 8 amide bonds. The molecule has 4 aromatic carbocycles. The third-order valence-electron chi connectivity index (χ3n) is 16.5. The summed E-state index contributed by atoms with van der Waals surface area (Å²) in [6.07, 6.45) is 9.48. The van der Waals surface area contributed by atoms with E-state index in [-0.39, 0.29) is 56.6 Å². The lowest BCUT2D eigenvalue weighted by Crippen LogP contribution is -2.61. The number of thiol groups is 2. The Kier molecular flexibility index (Phi) is 21.1. The van der Waals surface area contributed by atoms with Gasteiger partial charge >= 0.3 is 5.97 Å². The molecule has 16 N–H and O–H groups in total. The average molecular weight is 1290 g/mol. The van der Waals surface area contributed by atoms with E-state index >= 15 is 9.59 Å². The highest BCUT2D eigenvalue weighted by molar-refractivity contribution is 7.80. The van der Waals surface area contributed by atoms with Gasteiger partial charge in [0, 0.05) is 130 Å². The number of amides is 8. The molecule has 0 bridgehead atoms. The number of aromatic nitrogens is 6. The van der Waals surface area contributed by atoms with Crippen molar-refractivity contribution < 1.29 is 53.4 Å². The van der Waals surface area contributed by atoms with Crippen LogP contribution in [0.25, 0.3) is 43.6 Å². The highest BCUT2D eigenvalue weighted by Crippen LogP contribution is 2.26. The molecular formula is C64H71N15O11S2. The number of likely N-dealkylation sites (tertiary alicyclic amines) is 1. The van der Waals surface area contributed by atoms with Gasteiger partial charge in [-0.05, 0) is 59.4 Å². The third-order valence-corrected chi connectivity index (χ3v) is 17.3. The average Bonchev–Trinajstić information content (AvgIpc) is 1.78. The van der Waals surface area contributed by atoms with E-state index < -0.39 is 114 Å². The fourth-order valence-electron chi connectivity index (χ4n) is 11.6. The van der Waals surface area contributed by atoms with Gasteiger partial charge in [0.25, 0.3) is 0 Å². The molecule has 26 nitrogen and oxygen atoms in total. The second kappa shape index (κ2) is 29.8. The van der Waals surface area contributed by atoms with Crippen molar-refractivity contribution >= 4 is 122 Å². The van der Waals surface area contributed by atoms with Crippen LogP contribution in [0.1, 0.15) is 40.8 Å². The molecule has 0 aliphatic carbocycles. The summed E-state index contributed by atoms with van der Waals surface area (Å²) in [5.74, 6) is -8.07. The third kappa shape index (κ3) is 15.3. The number of carboxylic acids is 1. The molecule has 10 rings (SSSR count). The first-order chi connectivity index (χ1) is 44.5. The number of nitrogens with zero attached hydrogens (tertiary/aromatic N) is 2. The molecule has 0 spiro atoms. The fourth-order valence-corrected chi connectivity index (χ4v) is 12.0. The lowest BCUT2D eigenvalue weighted by Gasteiger charge is -2.31. The molecule has 1 fully saturated rings. The zero-order chi connectivity index (χ0) is 65.0. The first kappa shape index (κ1) is 65.1. The van der Waals surface area contributed by atoms with Gasteiger partial charge in [-0.1, -0.05) is 72.8 Å². The van der Waals surface area contributed by atoms with Crippen LogP contribution < -0.4 is 43.0 Å². The van der Waals surface area contributed by atoms with Crippen LogP contribution in [-0.2, 0) is 75.3 Å². The number of aliphatic hydroxyl groups excluding tert-OH is 1. The van der Waals surface area contributed by atoms with E-state index in [1.54, 1.807) is 36.9 Å². The van der Waals surface area contributed by atoms with Crippen molar-refractivity contribution in [3.63, 3.8) is 0 Å². The Morgan fingerprint density at radius 2 is 0.880 bits per heavy atom. The Morgan fingerprint density at radius 1 is 0.500 bits per heavy atom. The SMILES string of the molecule is N[C@@H](CS)C(=O)N[C@@H](Cc1c[nH]c2ccccc12)C(=O)N[C@@H](Cc1c[nH]c2ccccc12)C(=O)N[C@@H](CO)C(=O)N[C@@H](Cc1c[nH]c2ccccc12)C(=O)N[C@@H](Cc1cnc[nH]1)C(=O)N1CCC[C@H]1C(=O)N[C@@H](Cc1c[nH]c2ccccc12)C(=O)N[C@@H](CS)C(=O)O. The number of carboxylic acid groups (broad SMARTS) is 1. The zero-order valence-electron chi connectivity index (χ0n) is 49.6. The smallest absolute Gasteiger partial charge is 0.327 e. The quantitative estimate of drug-likeness (QED) is 0.0296. The van der Waals surface area contributed by atoms with E-state index in [1.807, 2.05) is 84.9 Å². The number of nitrogens with one attached hydrogen (secondary N) is 12. The number of para-hydroxylation sites is 4. The van der Waals surface area contributed by atoms with E-state index in [4.69, 9.17) is 5.73 Å². The molecule has 1 aliphatic rings. The minimum atomic E-state index is -1.75. The van der Waals surface area contributed by atoms with Crippen LogP contribution in [0, 0.1) is 0 Å². The first-order valence-corrected chi connectivity index (χ1v) is 31.2. The molecule has 9 aromatic rings. The van der Waals surface area contributed by atoms with Crippen LogP contribution in [0.3, 0.4) is 0 Å². The molecule has 1 saturated heterocycles. The van der Waals surface area contributed by atoms with E-state index in [9.17, 15) is 43.8 Å². The molecule has 0 unspecified atom stereocenters. The number of fused-ring (bicyclic) bond motifs is 4. The number of carbonyl (C=O) groups is 9. The van der Waals surface area contributed by atoms with Crippen molar-refractivity contribution in [2.24, 2.45) is 5.73 Å². The van der Waals surface area contributed by atoms with Crippen LogP contribution in [0.4, 0.5) is 0 Å². The molecule has 9 atom stereocenters. The molecular weight excluding hydrogens is 1220 g/mol. The Balaban J connectivity index is 0.902. The van der Waals surface area contributed by atoms with Gasteiger partial charge in [0.05, 0.1) is 19.0 Å². The standard InChI is InChI=1S/C64H71N15O11S2/c65-43(31-91)56(81)72-48(20-34-25-67-44-14-5-1-10-39(34)44)57(82)73-50(22-36-27-69-46-16-7-3-12-41(36)46)59(84)77-53(30-80)61(86)74-49(21-35-26-68-45-15-6-2-11-40(35)45)58(83)76-52(24-38-29-66-33-71-38)63(88)79-19-9-18-55(79)62(87)75-51(60(85)78-54(32-92)64(89)90)23-37-28-70-47-17-8-4-13-42(37)47/h1-8,10-17,25-29,33,43,48-55,67-70,80,91-92H,9,18-24,30-32,65H2,(H,66,71)(H,72,81)(H,73,82)(H,74,86)(H,75,87)(H,76,83)(H,77,84)(H,78,85)(H,89,90)/t43-,48-,49-,50-,51-,52-,53-,54-,55-/m0/s1. The lowest BCUT2D eigenvalue weighted by atomic mass is 10.0.